The average Bonchev–Trinajstić information content (AvgIpc) is 2.89. The molecule has 124 valence electrons. The van der Waals surface area contributed by atoms with Crippen LogP contribution in [-0.4, -0.2) is 55.7 Å². The smallest absolute Gasteiger partial charge is 0.350 e. The second-order valence-electron chi connectivity index (χ2n) is 5.33. The fraction of sp³-hybridized carbons (Fsp3) is 0.467. The first-order chi connectivity index (χ1) is 10.8. The van der Waals surface area contributed by atoms with Gasteiger partial charge in [0.1, 0.15) is 16.4 Å². The summed E-state index contributed by atoms with van der Waals surface area (Å²) in [6.07, 6.45) is 0. The Bertz CT molecular complexity index is 686. The minimum Gasteiger partial charge on any atom is -0.462 e. The second-order valence-corrected chi connectivity index (χ2v) is 6.53. The summed E-state index contributed by atoms with van der Waals surface area (Å²) in [4.78, 5) is 29.8. The van der Waals surface area contributed by atoms with E-state index in [1.54, 1.807) is 6.92 Å². The number of carbonyl (C=O) groups excluding carboxylic acids is 1. The molecule has 0 aliphatic heterocycles. The summed E-state index contributed by atoms with van der Waals surface area (Å²) in [5, 5.41) is 0.791. The van der Waals surface area contributed by atoms with Crippen molar-refractivity contribution in [1.29, 1.82) is 0 Å². The van der Waals surface area contributed by atoms with Crippen molar-refractivity contribution in [3.8, 4) is 11.4 Å². The second kappa shape index (κ2) is 6.91. The summed E-state index contributed by atoms with van der Waals surface area (Å²) in [6.45, 7) is 3.97. The summed E-state index contributed by atoms with van der Waals surface area (Å²) in [7, 11) is 7.56. The van der Waals surface area contributed by atoms with Crippen molar-refractivity contribution in [2.45, 2.75) is 13.8 Å². The standard InChI is InChI=1S/C15H21N5O2S/c1-7-22-14(21)13-12(16-9(2)23-13)10-8-11(19(3)4)18-15(17-10)20(5)6/h8H,7H2,1-6H3. The van der Waals surface area contributed by atoms with Crippen LogP contribution < -0.4 is 9.80 Å². The van der Waals surface area contributed by atoms with Crippen LogP contribution in [0.3, 0.4) is 0 Å². The van der Waals surface area contributed by atoms with E-state index in [1.165, 1.54) is 11.3 Å². The molecule has 0 unspecified atom stereocenters. The largest absolute Gasteiger partial charge is 0.462 e. The van der Waals surface area contributed by atoms with Crippen LogP contribution in [0.1, 0.15) is 21.6 Å². The van der Waals surface area contributed by atoms with Crippen molar-refractivity contribution >= 4 is 29.1 Å². The summed E-state index contributed by atoms with van der Waals surface area (Å²) >= 11 is 1.31. The third kappa shape index (κ3) is 3.76. The fourth-order valence-corrected chi connectivity index (χ4v) is 2.73. The Morgan fingerprint density at radius 1 is 1.17 bits per heavy atom. The molecule has 0 aliphatic carbocycles. The number of aryl methyl sites for hydroxylation is 1. The van der Waals surface area contributed by atoms with Gasteiger partial charge in [0.2, 0.25) is 5.95 Å². The Hall–Kier alpha value is -2.22. The topological polar surface area (TPSA) is 71.5 Å². The molecule has 0 spiro atoms. The quantitative estimate of drug-likeness (QED) is 0.776. The van der Waals surface area contributed by atoms with E-state index in [4.69, 9.17) is 4.74 Å². The highest BCUT2D eigenvalue weighted by Crippen LogP contribution is 2.30. The molecule has 8 heteroatoms. The molecule has 2 rings (SSSR count). The lowest BCUT2D eigenvalue weighted by molar-refractivity contribution is 0.0532. The van der Waals surface area contributed by atoms with Gasteiger partial charge in [-0.25, -0.2) is 14.8 Å². The molecule has 0 atom stereocenters. The lowest BCUT2D eigenvalue weighted by Gasteiger charge is -2.17. The first-order valence-electron chi connectivity index (χ1n) is 7.22. The van der Waals surface area contributed by atoms with Crippen molar-refractivity contribution in [2.75, 3.05) is 44.6 Å². The monoisotopic (exact) mass is 335 g/mol. The number of rotatable bonds is 5. The summed E-state index contributed by atoms with van der Waals surface area (Å²) < 4.78 is 5.13. The highest BCUT2D eigenvalue weighted by Gasteiger charge is 2.22. The first kappa shape index (κ1) is 17.1. The third-order valence-electron chi connectivity index (χ3n) is 3.00. The number of nitrogens with zero attached hydrogens (tertiary/aromatic N) is 5. The maximum atomic E-state index is 12.2. The Morgan fingerprint density at radius 2 is 1.87 bits per heavy atom. The minimum atomic E-state index is -0.371. The van der Waals surface area contributed by atoms with Gasteiger partial charge in [0.15, 0.2) is 0 Å². The van der Waals surface area contributed by atoms with E-state index < -0.39 is 0 Å². The van der Waals surface area contributed by atoms with Crippen LogP contribution in [0.25, 0.3) is 11.4 Å². The zero-order valence-corrected chi connectivity index (χ0v) is 15.1. The fourth-order valence-electron chi connectivity index (χ4n) is 1.91. The summed E-state index contributed by atoms with van der Waals surface area (Å²) in [6, 6.07) is 1.82. The molecular formula is C15H21N5O2S. The Morgan fingerprint density at radius 3 is 2.43 bits per heavy atom. The lowest BCUT2D eigenvalue weighted by Crippen LogP contribution is -2.17. The molecule has 0 bridgehead atoms. The van der Waals surface area contributed by atoms with E-state index in [2.05, 4.69) is 15.0 Å². The van der Waals surface area contributed by atoms with Gasteiger partial charge in [-0.15, -0.1) is 11.3 Å². The number of carbonyl (C=O) groups is 1. The number of ether oxygens (including phenoxy) is 1. The van der Waals surface area contributed by atoms with E-state index in [9.17, 15) is 4.79 Å². The maximum Gasteiger partial charge on any atom is 0.350 e. The van der Waals surface area contributed by atoms with Crippen LogP contribution in [0, 0.1) is 6.92 Å². The molecule has 0 N–H and O–H groups in total. The molecular weight excluding hydrogens is 314 g/mol. The molecule has 0 amide bonds. The predicted molar refractivity (Wildman–Crippen MR) is 92.5 cm³/mol. The van der Waals surface area contributed by atoms with Gasteiger partial charge < -0.3 is 14.5 Å². The molecule has 0 saturated carbocycles. The molecule has 0 fully saturated rings. The SMILES string of the molecule is CCOC(=O)c1sc(C)nc1-c1cc(N(C)C)nc(N(C)C)n1. The average molecular weight is 335 g/mol. The molecule has 2 aromatic heterocycles. The van der Waals surface area contributed by atoms with E-state index in [0.29, 0.717) is 28.8 Å². The number of hydrogen-bond acceptors (Lipinski definition) is 8. The highest BCUT2D eigenvalue weighted by molar-refractivity contribution is 7.14. The molecule has 2 heterocycles. The van der Waals surface area contributed by atoms with E-state index >= 15 is 0 Å². The number of hydrogen-bond donors (Lipinski definition) is 0. The van der Waals surface area contributed by atoms with Crippen LogP contribution in [0.2, 0.25) is 0 Å². The Kier molecular flexibility index (Phi) is 5.15. The van der Waals surface area contributed by atoms with Crippen molar-refractivity contribution in [3.05, 3.63) is 16.0 Å². The van der Waals surface area contributed by atoms with Gasteiger partial charge in [0, 0.05) is 34.3 Å². The molecule has 7 nitrogen and oxygen atoms in total. The van der Waals surface area contributed by atoms with Crippen molar-refractivity contribution in [3.63, 3.8) is 0 Å². The lowest BCUT2D eigenvalue weighted by atomic mass is 10.2. The van der Waals surface area contributed by atoms with E-state index in [-0.39, 0.29) is 5.97 Å². The van der Waals surface area contributed by atoms with Crippen molar-refractivity contribution in [2.24, 2.45) is 0 Å². The molecule has 2 aromatic rings. The predicted octanol–water partition coefficient (Wildman–Crippen LogP) is 2.22. The molecule has 0 aromatic carbocycles. The minimum absolute atomic E-state index is 0.324. The zero-order chi connectivity index (χ0) is 17.1. The van der Waals surface area contributed by atoms with Gasteiger partial charge in [-0.2, -0.15) is 4.98 Å². The van der Waals surface area contributed by atoms with Gasteiger partial charge in [-0.1, -0.05) is 0 Å². The number of anilines is 2. The Labute approximate surface area is 140 Å². The van der Waals surface area contributed by atoms with Gasteiger partial charge >= 0.3 is 5.97 Å². The number of thiazole rings is 1. The van der Waals surface area contributed by atoms with Crippen LogP contribution in [0.5, 0.6) is 0 Å². The zero-order valence-electron chi connectivity index (χ0n) is 14.2. The van der Waals surface area contributed by atoms with Crippen molar-refractivity contribution < 1.29 is 9.53 Å². The molecule has 23 heavy (non-hydrogen) atoms. The maximum absolute atomic E-state index is 12.2. The van der Waals surface area contributed by atoms with Crippen LogP contribution >= 0.6 is 11.3 Å². The van der Waals surface area contributed by atoms with Gasteiger partial charge in [-0.3, -0.25) is 0 Å². The number of aromatic nitrogens is 3. The van der Waals surface area contributed by atoms with Gasteiger partial charge in [-0.05, 0) is 13.8 Å². The van der Waals surface area contributed by atoms with Crippen LogP contribution in [-0.2, 0) is 4.74 Å². The molecule has 0 aliphatic rings. The molecule has 0 saturated heterocycles. The van der Waals surface area contributed by atoms with Crippen LogP contribution in [0.4, 0.5) is 11.8 Å². The first-order valence-corrected chi connectivity index (χ1v) is 8.03. The van der Waals surface area contributed by atoms with Crippen LogP contribution in [0.15, 0.2) is 6.07 Å². The van der Waals surface area contributed by atoms with E-state index in [0.717, 1.165) is 10.8 Å². The normalized spacial score (nSPS) is 10.5. The molecule has 0 radical (unpaired) electrons. The Balaban J connectivity index is 2.59. The number of esters is 1. The summed E-state index contributed by atoms with van der Waals surface area (Å²) in [5.41, 5.74) is 1.15. The van der Waals surface area contributed by atoms with E-state index in [1.807, 2.05) is 51.0 Å². The summed E-state index contributed by atoms with van der Waals surface area (Å²) in [5.74, 6) is 0.940. The van der Waals surface area contributed by atoms with Gasteiger partial charge in [0.25, 0.3) is 0 Å². The van der Waals surface area contributed by atoms with Crippen molar-refractivity contribution in [1.82, 2.24) is 15.0 Å². The van der Waals surface area contributed by atoms with Gasteiger partial charge in [0.05, 0.1) is 17.3 Å². The third-order valence-corrected chi connectivity index (χ3v) is 3.95. The highest BCUT2D eigenvalue weighted by atomic mass is 32.1.